The maximum atomic E-state index is 13.4. The van der Waals surface area contributed by atoms with Gasteiger partial charge in [0.1, 0.15) is 23.6 Å². The van der Waals surface area contributed by atoms with E-state index in [4.69, 9.17) is 9.47 Å². The fourth-order valence-corrected chi connectivity index (χ4v) is 5.19. The molecule has 2 aromatic carbocycles. The Hall–Kier alpha value is -4.84. The minimum absolute atomic E-state index is 0.000180. The molecule has 40 heavy (non-hydrogen) atoms. The fourth-order valence-electron chi connectivity index (χ4n) is 5.19. The number of carbonyl (C=O) groups excluding carboxylic acids is 4. The molecule has 0 spiro atoms. The number of piperidine rings is 1. The lowest BCUT2D eigenvalue weighted by atomic mass is 9.89. The Labute approximate surface area is 228 Å². The molecule has 2 aliphatic rings. The minimum Gasteiger partial charge on any atom is -0.486 e. The molecule has 4 heterocycles. The SMILES string of the molecule is COCCn1ccc2cc(-n3cc(COc4cccc5c4C(=O)N([C@@]4(C)CCC(=O)NC4=O)C5=O)nn3)ccc21. The van der Waals surface area contributed by atoms with Crippen molar-refractivity contribution in [1.29, 1.82) is 0 Å². The Balaban J connectivity index is 1.20. The van der Waals surface area contributed by atoms with Crippen molar-refractivity contribution in [1.82, 2.24) is 29.8 Å². The van der Waals surface area contributed by atoms with Crippen molar-refractivity contribution < 1.29 is 28.7 Å². The first-order chi connectivity index (χ1) is 19.3. The molecule has 1 fully saturated rings. The van der Waals surface area contributed by atoms with Gasteiger partial charge in [0.25, 0.3) is 17.7 Å². The number of rotatable bonds is 8. The van der Waals surface area contributed by atoms with Crippen LogP contribution in [0.2, 0.25) is 0 Å². The van der Waals surface area contributed by atoms with Crippen molar-refractivity contribution in [3.8, 4) is 11.4 Å². The second kappa shape index (κ2) is 9.72. The highest BCUT2D eigenvalue weighted by Gasteiger charge is 2.53. The molecule has 12 nitrogen and oxygen atoms in total. The van der Waals surface area contributed by atoms with E-state index in [-0.39, 0.29) is 36.3 Å². The molecule has 1 atom stereocenters. The fraction of sp³-hybridized carbons (Fsp3) is 0.286. The molecule has 0 unspecified atom stereocenters. The summed E-state index contributed by atoms with van der Waals surface area (Å²) in [6.45, 7) is 2.86. The Morgan fingerprint density at radius 3 is 2.73 bits per heavy atom. The lowest BCUT2D eigenvalue weighted by Crippen LogP contribution is -2.62. The number of methoxy groups -OCH3 is 1. The van der Waals surface area contributed by atoms with Crippen LogP contribution < -0.4 is 10.1 Å². The van der Waals surface area contributed by atoms with Crippen LogP contribution in [0.3, 0.4) is 0 Å². The second-order valence-corrected chi connectivity index (χ2v) is 9.96. The zero-order chi connectivity index (χ0) is 28.0. The summed E-state index contributed by atoms with van der Waals surface area (Å²) >= 11 is 0. The molecular weight excluding hydrogens is 516 g/mol. The summed E-state index contributed by atoms with van der Waals surface area (Å²) in [5.41, 5.74) is 1.16. The number of hydrogen-bond donors (Lipinski definition) is 1. The van der Waals surface area contributed by atoms with Crippen molar-refractivity contribution in [2.75, 3.05) is 13.7 Å². The van der Waals surface area contributed by atoms with Crippen LogP contribution in [0.4, 0.5) is 0 Å². The highest BCUT2D eigenvalue weighted by atomic mass is 16.5. The average Bonchev–Trinajstić information content (AvgIpc) is 3.65. The molecule has 2 aromatic heterocycles. The molecule has 0 aliphatic carbocycles. The van der Waals surface area contributed by atoms with Crippen LogP contribution in [-0.4, -0.2) is 67.3 Å². The Kier molecular flexibility index (Phi) is 6.18. The van der Waals surface area contributed by atoms with Crippen molar-refractivity contribution in [3.63, 3.8) is 0 Å². The summed E-state index contributed by atoms with van der Waals surface area (Å²) in [7, 11) is 1.68. The number of nitrogens with zero attached hydrogens (tertiary/aromatic N) is 5. The largest absolute Gasteiger partial charge is 0.486 e. The van der Waals surface area contributed by atoms with E-state index in [0.29, 0.717) is 12.3 Å². The van der Waals surface area contributed by atoms with Crippen LogP contribution in [-0.2, 0) is 27.5 Å². The predicted molar refractivity (Wildman–Crippen MR) is 141 cm³/mol. The Bertz CT molecular complexity index is 1690. The quantitative estimate of drug-likeness (QED) is 0.335. The van der Waals surface area contributed by atoms with Gasteiger partial charge in [0.2, 0.25) is 5.91 Å². The summed E-state index contributed by atoms with van der Waals surface area (Å²) in [5, 5.41) is 11.7. The average molecular weight is 543 g/mol. The van der Waals surface area contributed by atoms with Crippen LogP contribution in [0.1, 0.15) is 46.2 Å². The van der Waals surface area contributed by atoms with Crippen molar-refractivity contribution >= 4 is 34.5 Å². The van der Waals surface area contributed by atoms with Crippen molar-refractivity contribution in [2.24, 2.45) is 0 Å². The van der Waals surface area contributed by atoms with Gasteiger partial charge in [0.15, 0.2) is 0 Å². The van der Waals surface area contributed by atoms with E-state index in [2.05, 4.69) is 20.2 Å². The van der Waals surface area contributed by atoms with Crippen LogP contribution in [0.15, 0.2) is 54.9 Å². The predicted octanol–water partition coefficient (Wildman–Crippen LogP) is 2.24. The lowest BCUT2D eigenvalue weighted by Gasteiger charge is -2.38. The van der Waals surface area contributed by atoms with Gasteiger partial charge in [0.05, 0.1) is 29.6 Å². The third-order valence-electron chi connectivity index (χ3n) is 7.42. The maximum absolute atomic E-state index is 13.4. The van der Waals surface area contributed by atoms with Gasteiger partial charge in [-0.3, -0.25) is 29.4 Å². The molecular formula is C28H26N6O6. The molecule has 1 saturated heterocycles. The Morgan fingerprint density at radius 1 is 1.07 bits per heavy atom. The van der Waals surface area contributed by atoms with E-state index < -0.39 is 29.2 Å². The minimum atomic E-state index is -1.48. The first-order valence-electron chi connectivity index (χ1n) is 12.8. The monoisotopic (exact) mass is 542 g/mol. The van der Waals surface area contributed by atoms with Crippen LogP contribution in [0.25, 0.3) is 16.6 Å². The first-order valence-corrected chi connectivity index (χ1v) is 12.8. The van der Waals surface area contributed by atoms with Gasteiger partial charge in [-0.25, -0.2) is 4.68 Å². The number of fused-ring (bicyclic) bond motifs is 2. The maximum Gasteiger partial charge on any atom is 0.266 e. The molecule has 2 aliphatic heterocycles. The number of nitrogens with one attached hydrogen (secondary N) is 1. The van der Waals surface area contributed by atoms with Gasteiger partial charge >= 0.3 is 0 Å². The summed E-state index contributed by atoms with van der Waals surface area (Å²) in [4.78, 5) is 51.9. The van der Waals surface area contributed by atoms with Gasteiger partial charge < -0.3 is 14.0 Å². The van der Waals surface area contributed by atoms with E-state index in [0.717, 1.165) is 28.0 Å². The Morgan fingerprint density at radius 2 is 1.93 bits per heavy atom. The molecule has 0 bridgehead atoms. The summed E-state index contributed by atoms with van der Waals surface area (Å²) in [5.74, 6) is -2.16. The summed E-state index contributed by atoms with van der Waals surface area (Å²) < 4.78 is 14.9. The number of ether oxygens (including phenoxy) is 2. The molecule has 12 heteroatoms. The number of amides is 4. The normalized spacial score (nSPS) is 18.9. The molecule has 6 rings (SSSR count). The molecule has 4 amide bonds. The van der Waals surface area contributed by atoms with E-state index in [1.165, 1.54) is 13.0 Å². The van der Waals surface area contributed by atoms with Crippen molar-refractivity contribution in [3.05, 3.63) is 71.7 Å². The van der Waals surface area contributed by atoms with Gasteiger partial charge in [0, 0.05) is 37.2 Å². The van der Waals surface area contributed by atoms with Gasteiger partial charge in [-0.05, 0) is 49.7 Å². The zero-order valence-electron chi connectivity index (χ0n) is 21.9. The zero-order valence-corrected chi connectivity index (χ0v) is 21.9. The van der Waals surface area contributed by atoms with E-state index >= 15 is 0 Å². The molecule has 0 radical (unpaired) electrons. The molecule has 1 N–H and O–H groups in total. The first kappa shape index (κ1) is 25.4. The number of carbonyl (C=O) groups is 4. The van der Waals surface area contributed by atoms with Gasteiger partial charge in [-0.2, -0.15) is 0 Å². The van der Waals surface area contributed by atoms with E-state index in [1.807, 2.05) is 30.5 Å². The summed E-state index contributed by atoms with van der Waals surface area (Å²) in [6, 6.07) is 12.7. The number of aromatic nitrogens is 4. The summed E-state index contributed by atoms with van der Waals surface area (Å²) in [6.07, 6.45) is 3.82. The van der Waals surface area contributed by atoms with Gasteiger partial charge in [-0.1, -0.05) is 11.3 Å². The molecule has 4 aromatic rings. The second-order valence-electron chi connectivity index (χ2n) is 9.96. The molecule has 0 saturated carbocycles. The smallest absolute Gasteiger partial charge is 0.266 e. The topological polar surface area (TPSA) is 138 Å². The van der Waals surface area contributed by atoms with Crippen molar-refractivity contribution in [2.45, 2.75) is 38.5 Å². The van der Waals surface area contributed by atoms with Crippen LogP contribution in [0.5, 0.6) is 5.75 Å². The van der Waals surface area contributed by atoms with Crippen LogP contribution in [0, 0.1) is 0 Å². The number of imide groups is 2. The highest BCUT2D eigenvalue weighted by Crippen LogP contribution is 2.38. The van der Waals surface area contributed by atoms with Gasteiger partial charge in [-0.15, -0.1) is 5.10 Å². The van der Waals surface area contributed by atoms with E-state index in [1.54, 1.807) is 30.1 Å². The van der Waals surface area contributed by atoms with E-state index in [9.17, 15) is 19.2 Å². The standard InChI is InChI=1S/C28H26N6O6/c1-28(10-8-23(35)29-27(28)38)34-25(36)20-4-3-5-22(24(20)26(34)37)40-16-18-15-33(31-30-18)19-6-7-21-17(14-19)9-11-32(21)12-13-39-2/h3-7,9,11,14-15H,8,10,12-13,16H2,1-2H3,(H,29,35,38)/t28-/m0/s1. The number of benzene rings is 2. The third kappa shape index (κ3) is 4.13. The molecule has 204 valence electrons. The lowest BCUT2D eigenvalue weighted by molar-refractivity contribution is -0.140. The highest BCUT2D eigenvalue weighted by molar-refractivity contribution is 6.25. The number of hydrogen-bond acceptors (Lipinski definition) is 8. The van der Waals surface area contributed by atoms with Crippen LogP contribution >= 0.6 is 0 Å². The third-order valence-corrected chi connectivity index (χ3v) is 7.42.